The minimum Gasteiger partial charge on any atom is -0.353 e. The molecule has 3 nitrogen and oxygen atoms in total. The Balaban J connectivity index is 1.65. The molecule has 2 aliphatic rings. The minimum absolute atomic E-state index is 0.223. The van der Waals surface area contributed by atoms with Crippen molar-refractivity contribution in [2.24, 2.45) is 0 Å². The summed E-state index contributed by atoms with van der Waals surface area (Å²) in [6.07, 6.45) is 0. The van der Waals surface area contributed by atoms with Gasteiger partial charge in [0.25, 0.3) is 0 Å². The van der Waals surface area contributed by atoms with E-state index in [1.165, 1.54) is 24.3 Å². The number of carbonyl (C=O) groups is 1. The molecule has 0 radical (unpaired) electrons. The highest BCUT2D eigenvalue weighted by Crippen LogP contribution is 2.52. The lowest BCUT2D eigenvalue weighted by molar-refractivity contribution is -0.160. The lowest BCUT2D eigenvalue weighted by atomic mass is 9.71. The highest BCUT2D eigenvalue weighted by Gasteiger charge is 2.60. The Morgan fingerprint density at radius 3 is 1.38 bits per heavy atom. The van der Waals surface area contributed by atoms with Gasteiger partial charge in [-0.25, -0.2) is 8.78 Å². The van der Waals surface area contributed by atoms with Crippen molar-refractivity contribution in [2.75, 3.05) is 0 Å². The van der Waals surface area contributed by atoms with Gasteiger partial charge in [0.05, 0.1) is 13.2 Å². The maximum absolute atomic E-state index is 15.0. The van der Waals surface area contributed by atoms with Gasteiger partial charge in [-0.15, -0.1) is 0 Å². The molecule has 0 amide bonds. The molecular formula is C29H20F2O3. The minimum atomic E-state index is -1.53. The maximum atomic E-state index is 15.0. The van der Waals surface area contributed by atoms with Gasteiger partial charge in [0, 0.05) is 11.1 Å². The van der Waals surface area contributed by atoms with Crippen LogP contribution in [-0.2, 0) is 38.7 Å². The van der Waals surface area contributed by atoms with Gasteiger partial charge in [-0.1, -0.05) is 72.8 Å². The van der Waals surface area contributed by atoms with Gasteiger partial charge in [0.1, 0.15) is 11.6 Å². The molecule has 168 valence electrons. The van der Waals surface area contributed by atoms with E-state index in [0.29, 0.717) is 22.3 Å². The third-order valence-corrected chi connectivity index (χ3v) is 6.82. The van der Waals surface area contributed by atoms with Crippen LogP contribution in [0.25, 0.3) is 0 Å². The number of hydrogen-bond donors (Lipinski definition) is 0. The van der Waals surface area contributed by atoms with Gasteiger partial charge in [0.2, 0.25) is 5.78 Å². The first-order chi connectivity index (χ1) is 16.6. The summed E-state index contributed by atoms with van der Waals surface area (Å²) in [6.45, 7) is 0.445. The average Bonchev–Trinajstić information content (AvgIpc) is 3.45. The Morgan fingerprint density at radius 1 is 0.588 bits per heavy atom. The van der Waals surface area contributed by atoms with Crippen molar-refractivity contribution < 1.29 is 23.0 Å². The summed E-state index contributed by atoms with van der Waals surface area (Å²) in [5.41, 5.74) is 1.10. The molecule has 34 heavy (non-hydrogen) atoms. The second-order valence-electron chi connectivity index (χ2n) is 8.60. The fourth-order valence-electron chi connectivity index (χ4n) is 5.24. The smallest absolute Gasteiger partial charge is 0.214 e. The first kappa shape index (κ1) is 20.9. The number of halogens is 2. The Morgan fingerprint density at radius 2 is 0.971 bits per heavy atom. The largest absolute Gasteiger partial charge is 0.353 e. The zero-order valence-corrected chi connectivity index (χ0v) is 18.1. The summed E-state index contributed by atoms with van der Waals surface area (Å²) >= 11 is 0. The number of ketones is 1. The van der Waals surface area contributed by atoms with Crippen molar-refractivity contribution in [3.63, 3.8) is 0 Å². The lowest BCUT2D eigenvalue weighted by Crippen LogP contribution is -2.50. The molecule has 5 heteroatoms. The van der Waals surface area contributed by atoms with E-state index >= 15 is 0 Å². The van der Waals surface area contributed by atoms with Crippen LogP contribution < -0.4 is 0 Å². The predicted octanol–water partition coefficient (Wildman–Crippen LogP) is 5.78. The first-order valence-corrected chi connectivity index (χ1v) is 11.1. The van der Waals surface area contributed by atoms with E-state index in [0.717, 1.165) is 11.1 Å². The molecule has 2 atom stereocenters. The average molecular weight is 454 g/mol. The molecule has 0 aliphatic carbocycles. The van der Waals surface area contributed by atoms with Gasteiger partial charge >= 0.3 is 0 Å². The van der Waals surface area contributed by atoms with Crippen molar-refractivity contribution in [3.8, 4) is 0 Å². The predicted molar refractivity (Wildman–Crippen MR) is 122 cm³/mol. The molecule has 6 rings (SSSR count). The third kappa shape index (κ3) is 2.84. The second-order valence-corrected chi connectivity index (χ2v) is 8.60. The van der Waals surface area contributed by atoms with E-state index in [-0.39, 0.29) is 19.0 Å². The van der Waals surface area contributed by atoms with E-state index in [4.69, 9.17) is 9.47 Å². The first-order valence-electron chi connectivity index (χ1n) is 11.1. The molecular weight excluding hydrogens is 434 g/mol. The van der Waals surface area contributed by atoms with Crippen molar-refractivity contribution in [1.29, 1.82) is 0 Å². The maximum Gasteiger partial charge on any atom is 0.214 e. The summed E-state index contributed by atoms with van der Waals surface area (Å²) < 4.78 is 40.5. The fraction of sp³-hybridized carbons (Fsp3) is 0.138. The molecule has 2 heterocycles. The Hall–Kier alpha value is -3.67. The van der Waals surface area contributed by atoms with Crippen LogP contribution in [0.4, 0.5) is 8.78 Å². The highest BCUT2D eigenvalue weighted by atomic mass is 19.1. The van der Waals surface area contributed by atoms with Gasteiger partial charge in [-0.05, 0) is 46.5 Å². The second kappa shape index (κ2) is 7.69. The van der Waals surface area contributed by atoms with E-state index in [1.807, 2.05) is 48.5 Å². The number of hydrogen-bond acceptors (Lipinski definition) is 3. The van der Waals surface area contributed by atoms with Crippen molar-refractivity contribution in [3.05, 3.63) is 142 Å². The quantitative estimate of drug-likeness (QED) is 0.392. The molecule has 4 aromatic carbocycles. The molecule has 0 aromatic heterocycles. The summed E-state index contributed by atoms with van der Waals surface area (Å²) in [7, 11) is 0. The number of benzene rings is 4. The van der Waals surface area contributed by atoms with Gasteiger partial charge < -0.3 is 9.47 Å². The molecule has 0 N–H and O–H groups in total. The van der Waals surface area contributed by atoms with Crippen LogP contribution in [0.5, 0.6) is 0 Å². The normalized spacial score (nSPS) is 22.9. The third-order valence-electron chi connectivity index (χ3n) is 6.82. The SMILES string of the molecule is O=C(C1(c2ccc(F)cc2)OCc2ccccc21)C1(c2ccc(F)cc2)OCc2ccccc21. The summed E-state index contributed by atoms with van der Waals surface area (Å²) in [4.78, 5) is 15.0. The number of fused-ring (bicyclic) bond motifs is 2. The fourth-order valence-corrected chi connectivity index (χ4v) is 5.24. The number of rotatable bonds is 4. The molecule has 0 bridgehead atoms. The van der Waals surface area contributed by atoms with Gasteiger partial charge in [0.15, 0.2) is 11.2 Å². The topological polar surface area (TPSA) is 35.5 Å². The van der Waals surface area contributed by atoms with Crippen LogP contribution >= 0.6 is 0 Å². The number of ether oxygens (including phenoxy) is 2. The van der Waals surface area contributed by atoms with Crippen molar-refractivity contribution in [2.45, 2.75) is 24.4 Å². The molecule has 2 unspecified atom stereocenters. The van der Waals surface area contributed by atoms with Gasteiger partial charge in [-0.2, -0.15) is 0 Å². The molecule has 0 saturated carbocycles. The zero-order chi connectivity index (χ0) is 23.3. The van der Waals surface area contributed by atoms with Crippen LogP contribution in [0.2, 0.25) is 0 Å². The molecule has 0 fully saturated rings. The number of Topliss-reactive ketones (excluding diaryl/α,β-unsaturated/α-hetero) is 1. The van der Waals surface area contributed by atoms with Crippen LogP contribution in [0, 0.1) is 11.6 Å². The van der Waals surface area contributed by atoms with E-state index in [9.17, 15) is 13.6 Å². The highest BCUT2D eigenvalue weighted by molar-refractivity contribution is 6.03. The Kier molecular flexibility index (Phi) is 4.73. The standard InChI is InChI=1S/C29H20F2O3/c30-23-13-9-21(10-14-23)28(25-7-3-1-5-19(25)17-33-28)27(32)29(22-11-15-24(31)16-12-22)26-8-4-2-6-20(26)18-34-29/h1-16H,17-18H2. The van der Waals surface area contributed by atoms with Crippen LogP contribution in [0.15, 0.2) is 97.1 Å². The van der Waals surface area contributed by atoms with Crippen molar-refractivity contribution in [1.82, 2.24) is 0 Å². The van der Waals surface area contributed by atoms with E-state index < -0.39 is 22.8 Å². The lowest BCUT2D eigenvalue weighted by Gasteiger charge is -2.38. The van der Waals surface area contributed by atoms with E-state index in [2.05, 4.69) is 0 Å². The molecule has 2 aliphatic heterocycles. The summed E-state index contributed by atoms with van der Waals surface area (Å²) in [5.74, 6) is -1.17. The number of carbonyl (C=O) groups excluding carboxylic acids is 1. The zero-order valence-electron chi connectivity index (χ0n) is 18.1. The molecule has 0 spiro atoms. The monoisotopic (exact) mass is 454 g/mol. The van der Waals surface area contributed by atoms with Crippen LogP contribution in [0.3, 0.4) is 0 Å². The van der Waals surface area contributed by atoms with Crippen LogP contribution in [-0.4, -0.2) is 5.78 Å². The Labute approximate surface area is 195 Å². The summed E-state index contributed by atoms with van der Waals surface area (Å²) in [6, 6.07) is 26.7. The molecule has 0 saturated heterocycles. The van der Waals surface area contributed by atoms with Crippen LogP contribution in [0.1, 0.15) is 33.4 Å². The molecule has 4 aromatic rings. The van der Waals surface area contributed by atoms with E-state index in [1.54, 1.807) is 24.3 Å². The Bertz CT molecular complexity index is 1290. The summed E-state index contributed by atoms with van der Waals surface area (Å²) in [5, 5.41) is 0. The van der Waals surface area contributed by atoms with Crippen molar-refractivity contribution >= 4 is 5.78 Å². The van der Waals surface area contributed by atoms with Gasteiger partial charge in [-0.3, -0.25) is 4.79 Å².